The first-order chi connectivity index (χ1) is 9.59. The largest absolute Gasteiger partial charge is 0.352 e. The maximum Gasteiger partial charge on any atom is 0.221 e. The Labute approximate surface area is 123 Å². The lowest BCUT2D eigenvalue weighted by molar-refractivity contribution is -0.119. The van der Waals surface area contributed by atoms with Crippen molar-refractivity contribution < 1.29 is 4.79 Å². The molecule has 1 N–H and O–H groups in total. The molecule has 0 bridgehead atoms. The summed E-state index contributed by atoms with van der Waals surface area (Å²) in [6.07, 6.45) is 1.48. The van der Waals surface area contributed by atoms with Crippen LogP contribution in [0.25, 0.3) is 0 Å². The average Bonchev–Trinajstić information content (AvgIpc) is 2.96. The monoisotopic (exact) mass is 285 g/mol. The van der Waals surface area contributed by atoms with Crippen molar-refractivity contribution in [2.24, 2.45) is 0 Å². The van der Waals surface area contributed by atoms with Crippen molar-refractivity contribution in [3.05, 3.63) is 57.8 Å². The topological polar surface area (TPSA) is 29.1 Å². The number of amides is 1. The normalized spacial score (nSPS) is 25.7. The van der Waals surface area contributed by atoms with Crippen LogP contribution in [0.3, 0.4) is 0 Å². The van der Waals surface area contributed by atoms with Crippen molar-refractivity contribution in [1.82, 2.24) is 5.32 Å². The van der Waals surface area contributed by atoms with E-state index in [0.29, 0.717) is 6.42 Å². The van der Waals surface area contributed by atoms with Crippen LogP contribution in [0.2, 0.25) is 0 Å². The molecule has 1 aromatic heterocycles. The lowest BCUT2D eigenvalue weighted by Gasteiger charge is -2.30. The highest BCUT2D eigenvalue weighted by atomic mass is 32.1. The van der Waals surface area contributed by atoms with Gasteiger partial charge in [-0.3, -0.25) is 4.79 Å². The number of carbonyl (C=O) groups is 1. The van der Waals surface area contributed by atoms with E-state index in [2.05, 4.69) is 54.9 Å². The third kappa shape index (κ3) is 2.27. The Morgan fingerprint density at radius 2 is 2.05 bits per heavy atom. The van der Waals surface area contributed by atoms with E-state index >= 15 is 0 Å². The molecule has 2 heterocycles. The second-order valence-corrected chi connectivity index (χ2v) is 6.75. The first-order valence-corrected chi connectivity index (χ1v) is 7.85. The number of nitrogens with one attached hydrogen (secondary N) is 1. The Kier molecular flexibility index (Phi) is 3.38. The molecule has 2 aromatic rings. The second kappa shape index (κ2) is 5.06. The van der Waals surface area contributed by atoms with Gasteiger partial charge in [0.2, 0.25) is 5.91 Å². The molecule has 1 aliphatic heterocycles. The molecule has 3 heteroatoms. The third-order valence-corrected chi connectivity index (χ3v) is 5.59. The van der Waals surface area contributed by atoms with Crippen LogP contribution in [0.1, 0.15) is 29.3 Å². The molecule has 0 spiro atoms. The smallest absolute Gasteiger partial charge is 0.221 e. The van der Waals surface area contributed by atoms with Gasteiger partial charge in [0.1, 0.15) is 0 Å². The van der Waals surface area contributed by atoms with Crippen LogP contribution in [0, 0.1) is 6.92 Å². The van der Waals surface area contributed by atoms with Gasteiger partial charge in [0.15, 0.2) is 0 Å². The van der Waals surface area contributed by atoms with E-state index in [1.54, 1.807) is 11.3 Å². The summed E-state index contributed by atoms with van der Waals surface area (Å²) in [5, 5.41) is 5.30. The molecule has 0 aliphatic carbocycles. The lowest BCUT2D eigenvalue weighted by Crippen LogP contribution is -2.40. The van der Waals surface area contributed by atoms with Gasteiger partial charge in [0.05, 0.1) is 0 Å². The fraction of sp³-hybridized carbons (Fsp3) is 0.353. The van der Waals surface area contributed by atoms with Crippen LogP contribution in [0.4, 0.5) is 0 Å². The summed E-state index contributed by atoms with van der Waals surface area (Å²) < 4.78 is 0. The van der Waals surface area contributed by atoms with Gasteiger partial charge in [0, 0.05) is 22.8 Å². The van der Waals surface area contributed by atoms with Gasteiger partial charge >= 0.3 is 0 Å². The number of rotatable bonds is 3. The molecule has 1 fully saturated rings. The molecule has 0 saturated carbocycles. The van der Waals surface area contributed by atoms with E-state index in [1.165, 1.54) is 16.0 Å². The van der Waals surface area contributed by atoms with Crippen molar-refractivity contribution >= 4 is 17.2 Å². The lowest BCUT2D eigenvalue weighted by atomic mass is 9.77. The third-order valence-electron chi connectivity index (χ3n) is 4.30. The Balaban J connectivity index is 1.93. The standard InChI is InChI=1S/C17H19NOS/c1-12-8-9-20-16(12)17(2)11-15(19)18-14(17)10-13-6-4-3-5-7-13/h3-9,14H,10-11H2,1-2H3,(H,18,19). The summed E-state index contributed by atoms with van der Waals surface area (Å²) in [5.41, 5.74) is 2.48. The molecule has 1 aliphatic rings. The van der Waals surface area contributed by atoms with Gasteiger partial charge in [0.25, 0.3) is 0 Å². The van der Waals surface area contributed by atoms with Gasteiger partial charge in [-0.05, 0) is 35.9 Å². The van der Waals surface area contributed by atoms with E-state index in [1.807, 2.05) is 6.07 Å². The first kappa shape index (κ1) is 13.4. The highest BCUT2D eigenvalue weighted by molar-refractivity contribution is 7.10. The Morgan fingerprint density at radius 1 is 1.30 bits per heavy atom. The van der Waals surface area contributed by atoms with E-state index in [0.717, 1.165) is 6.42 Å². The van der Waals surface area contributed by atoms with Crippen LogP contribution in [0.5, 0.6) is 0 Å². The maximum atomic E-state index is 12.0. The zero-order chi connectivity index (χ0) is 14.2. The molecule has 3 rings (SSSR count). The number of thiophene rings is 1. The second-order valence-electron chi connectivity index (χ2n) is 5.84. The molecule has 2 atom stereocenters. The molecule has 2 unspecified atom stereocenters. The molecule has 1 aromatic carbocycles. The molecular weight excluding hydrogens is 266 g/mol. The molecule has 0 radical (unpaired) electrons. The minimum absolute atomic E-state index is 0.0921. The van der Waals surface area contributed by atoms with Crippen molar-refractivity contribution in [3.8, 4) is 0 Å². The van der Waals surface area contributed by atoms with Crippen LogP contribution < -0.4 is 5.32 Å². The minimum atomic E-state index is -0.0921. The predicted molar refractivity (Wildman–Crippen MR) is 83.1 cm³/mol. The number of carbonyl (C=O) groups excluding carboxylic acids is 1. The highest BCUT2D eigenvalue weighted by Gasteiger charge is 2.45. The highest BCUT2D eigenvalue weighted by Crippen LogP contribution is 2.41. The van der Waals surface area contributed by atoms with Crippen molar-refractivity contribution in [2.75, 3.05) is 0 Å². The Morgan fingerprint density at radius 3 is 2.70 bits per heavy atom. The van der Waals surface area contributed by atoms with E-state index < -0.39 is 0 Å². The van der Waals surface area contributed by atoms with Crippen LogP contribution >= 0.6 is 11.3 Å². The van der Waals surface area contributed by atoms with Crippen LogP contribution in [0.15, 0.2) is 41.8 Å². The molecular formula is C17H19NOS. The summed E-state index contributed by atoms with van der Waals surface area (Å²) in [6, 6.07) is 12.7. The van der Waals surface area contributed by atoms with E-state index in [9.17, 15) is 4.79 Å². The summed E-state index contributed by atoms with van der Waals surface area (Å²) in [4.78, 5) is 13.3. The first-order valence-electron chi connectivity index (χ1n) is 6.97. The number of hydrogen-bond acceptors (Lipinski definition) is 2. The SMILES string of the molecule is Cc1ccsc1C1(C)CC(=O)NC1Cc1ccccc1. The maximum absolute atomic E-state index is 12.0. The number of aryl methyl sites for hydroxylation is 1. The Bertz CT molecular complexity index is 619. The van der Waals surface area contributed by atoms with Gasteiger partial charge in [-0.25, -0.2) is 0 Å². The van der Waals surface area contributed by atoms with Crippen molar-refractivity contribution in [3.63, 3.8) is 0 Å². The van der Waals surface area contributed by atoms with Gasteiger partial charge in [-0.15, -0.1) is 11.3 Å². The molecule has 1 amide bonds. The summed E-state index contributed by atoms with van der Waals surface area (Å²) in [5.74, 6) is 0.168. The Hall–Kier alpha value is -1.61. The number of benzene rings is 1. The van der Waals surface area contributed by atoms with Gasteiger partial charge in [-0.2, -0.15) is 0 Å². The van der Waals surface area contributed by atoms with Crippen LogP contribution in [-0.4, -0.2) is 11.9 Å². The van der Waals surface area contributed by atoms with Crippen LogP contribution in [-0.2, 0) is 16.6 Å². The average molecular weight is 285 g/mol. The van der Waals surface area contributed by atoms with Crippen molar-refractivity contribution in [1.29, 1.82) is 0 Å². The van der Waals surface area contributed by atoms with Gasteiger partial charge in [-0.1, -0.05) is 37.3 Å². The minimum Gasteiger partial charge on any atom is -0.352 e. The molecule has 2 nitrogen and oxygen atoms in total. The van der Waals surface area contributed by atoms with Crippen molar-refractivity contribution in [2.45, 2.75) is 38.1 Å². The van der Waals surface area contributed by atoms with Gasteiger partial charge < -0.3 is 5.32 Å². The fourth-order valence-electron chi connectivity index (χ4n) is 3.18. The fourth-order valence-corrected chi connectivity index (χ4v) is 4.33. The summed E-state index contributed by atoms with van der Waals surface area (Å²) in [7, 11) is 0. The summed E-state index contributed by atoms with van der Waals surface area (Å²) >= 11 is 1.77. The molecule has 20 heavy (non-hydrogen) atoms. The molecule has 104 valence electrons. The summed E-state index contributed by atoms with van der Waals surface area (Å²) in [6.45, 7) is 4.36. The van der Waals surface area contributed by atoms with E-state index in [-0.39, 0.29) is 17.4 Å². The zero-order valence-electron chi connectivity index (χ0n) is 11.8. The van der Waals surface area contributed by atoms with E-state index in [4.69, 9.17) is 0 Å². The zero-order valence-corrected chi connectivity index (χ0v) is 12.7. The number of hydrogen-bond donors (Lipinski definition) is 1. The predicted octanol–water partition coefficient (Wildman–Crippen LogP) is 3.45. The molecule has 1 saturated heterocycles. The quantitative estimate of drug-likeness (QED) is 0.919.